The molecule has 0 bridgehead atoms. The van der Waals surface area contributed by atoms with Crippen molar-refractivity contribution in [1.29, 1.82) is 0 Å². The summed E-state index contributed by atoms with van der Waals surface area (Å²) in [5.41, 5.74) is -0.916. The molecule has 0 aliphatic carbocycles. The summed E-state index contributed by atoms with van der Waals surface area (Å²) >= 11 is 1.53. The lowest BCUT2D eigenvalue weighted by atomic mass is 9.89. The van der Waals surface area contributed by atoms with Crippen LogP contribution in [-0.2, 0) is 25.5 Å². The Hall–Kier alpha value is -2.22. The standard InChI is InChI=1S/C20H26N2O5S/c1-19(2,3)27-18(25)21-20(10-13-8-6-5-7-9-13)11-15-22(17(20)24)14(12-28-15)16(23)26-4/h5-9,14-15H,10-12H2,1-4H3,(H,21,25)/t14-,15-,20-/m1/s1. The van der Waals surface area contributed by atoms with Crippen molar-refractivity contribution in [3.63, 3.8) is 0 Å². The van der Waals surface area contributed by atoms with E-state index in [1.54, 1.807) is 25.7 Å². The first kappa shape index (κ1) is 20.5. The Balaban J connectivity index is 1.90. The minimum Gasteiger partial charge on any atom is -0.467 e. The van der Waals surface area contributed by atoms with E-state index in [1.165, 1.54) is 18.9 Å². The highest BCUT2D eigenvalue weighted by Gasteiger charge is 2.59. The summed E-state index contributed by atoms with van der Waals surface area (Å²) in [5.74, 6) is -0.208. The van der Waals surface area contributed by atoms with Crippen LogP contribution in [-0.4, -0.2) is 58.3 Å². The summed E-state index contributed by atoms with van der Waals surface area (Å²) in [6.07, 6.45) is 0.0865. The fourth-order valence-electron chi connectivity index (χ4n) is 3.68. The van der Waals surface area contributed by atoms with Gasteiger partial charge in [-0.15, -0.1) is 11.8 Å². The van der Waals surface area contributed by atoms with Gasteiger partial charge in [0.1, 0.15) is 17.2 Å². The first-order valence-corrected chi connectivity index (χ1v) is 10.3. The molecule has 3 rings (SSSR count). The predicted octanol–water partition coefficient (Wildman–Crippen LogP) is 2.34. The number of nitrogens with one attached hydrogen (secondary N) is 1. The van der Waals surface area contributed by atoms with Gasteiger partial charge in [-0.3, -0.25) is 4.79 Å². The maximum Gasteiger partial charge on any atom is 0.408 e. The number of thioether (sulfide) groups is 1. The van der Waals surface area contributed by atoms with Gasteiger partial charge in [0.15, 0.2) is 0 Å². The third-order valence-electron chi connectivity index (χ3n) is 4.82. The van der Waals surface area contributed by atoms with Crippen molar-refractivity contribution in [2.45, 2.75) is 56.2 Å². The third kappa shape index (κ3) is 4.11. The van der Waals surface area contributed by atoms with Crippen molar-refractivity contribution in [2.75, 3.05) is 12.9 Å². The Morgan fingerprint density at radius 3 is 2.57 bits per heavy atom. The van der Waals surface area contributed by atoms with Gasteiger partial charge in [-0.2, -0.15) is 0 Å². The van der Waals surface area contributed by atoms with Gasteiger partial charge in [0.05, 0.1) is 12.5 Å². The second-order valence-corrected chi connectivity index (χ2v) is 9.33. The highest BCUT2D eigenvalue weighted by Crippen LogP contribution is 2.43. The molecule has 2 aliphatic rings. The number of carbonyl (C=O) groups is 3. The monoisotopic (exact) mass is 406 g/mol. The fourth-order valence-corrected chi connectivity index (χ4v) is 5.19. The molecule has 0 aromatic heterocycles. The highest BCUT2D eigenvalue weighted by molar-refractivity contribution is 8.00. The second-order valence-electron chi connectivity index (χ2n) is 8.11. The van der Waals surface area contributed by atoms with Crippen molar-refractivity contribution < 1.29 is 23.9 Å². The molecular weight excluding hydrogens is 380 g/mol. The largest absolute Gasteiger partial charge is 0.467 e. The molecule has 2 heterocycles. The van der Waals surface area contributed by atoms with Crippen molar-refractivity contribution in [3.8, 4) is 0 Å². The van der Waals surface area contributed by atoms with Crippen LogP contribution < -0.4 is 5.32 Å². The van der Waals surface area contributed by atoms with Crippen LogP contribution in [0.25, 0.3) is 0 Å². The number of nitrogens with zero attached hydrogens (tertiary/aromatic N) is 1. The van der Waals surface area contributed by atoms with Crippen LogP contribution in [0.1, 0.15) is 32.8 Å². The SMILES string of the molecule is COC(=O)[C@H]1CS[C@@H]2C[C@@](Cc3ccccc3)(NC(=O)OC(C)(C)C)C(=O)N12. The van der Waals surface area contributed by atoms with Crippen LogP contribution in [0.4, 0.5) is 4.79 Å². The third-order valence-corrected chi connectivity index (χ3v) is 6.11. The van der Waals surface area contributed by atoms with Gasteiger partial charge < -0.3 is 19.7 Å². The van der Waals surface area contributed by atoms with Crippen LogP contribution in [0, 0.1) is 0 Å². The first-order valence-electron chi connectivity index (χ1n) is 9.22. The van der Waals surface area contributed by atoms with E-state index >= 15 is 0 Å². The van der Waals surface area contributed by atoms with Crippen molar-refractivity contribution >= 4 is 29.7 Å². The van der Waals surface area contributed by atoms with E-state index in [4.69, 9.17) is 9.47 Å². The van der Waals surface area contributed by atoms with E-state index in [2.05, 4.69) is 5.32 Å². The smallest absolute Gasteiger partial charge is 0.408 e. The van der Waals surface area contributed by atoms with E-state index in [1.807, 2.05) is 30.3 Å². The molecule has 1 aromatic carbocycles. The molecule has 0 spiro atoms. The van der Waals surface area contributed by atoms with Crippen LogP contribution in [0.15, 0.2) is 30.3 Å². The maximum absolute atomic E-state index is 13.5. The first-order chi connectivity index (χ1) is 13.1. The molecule has 0 radical (unpaired) electrons. The zero-order chi connectivity index (χ0) is 20.5. The maximum atomic E-state index is 13.5. The van der Waals surface area contributed by atoms with Gasteiger partial charge in [-0.25, -0.2) is 9.59 Å². The van der Waals surface area contributed by atoms with Crippen molar-refractivity contribution in [3.05, 3.63) is 35.9 Å². The number of carbonyl (C=O) groups excluding carboxylic acids is 3. The van der Waals surface area contributed by atoms with E-state index in [0.29, 0.717) is 18.6 Å². The predicted molar refractivity (Wildman–Crippen MR) is 106 cm³/mol. The van der Waals surface area contributed by atoms with E-state index < -0.39 is 29.2 Å². The quantitative estimate of drug-likeness (QED) is 0.773. The van der Waals surface area contributed by atoms with Crippen LogP contribution in [0.2, 0.25) is 0 Å². The average molecular weight is 407 g/mol. The van der Waals surface area contributed by atoms with Gasteiger partial charge in [-0.1, -0.05) is 30.3 Å². The lowest BCUT2D eigenvalue weighted by Gasteiger charge is -2.31. The molecule has 2 amide bonds. The Labute approximate surface area is 169 Å². The molecule has 0 unspecified atom stereocenters. The molecule has 152 valence electrons. The van der Waals surface area contributed by atoms with E-state index in [-0.39, 0.29) is 11.3 Å². The van der Waals surface area contributed by atoms with E-state index in [9.17, 15) is 14.4 Å². The number of methoxy groups -OCH3 is 1. The molecule has 2 fully saturated rings. The zero-order valence-electron chi connectivity index (χ0n) is 16.6. The van der Waals surface area contributed by atoms with Crippen LogP contribution >= 0.6 is 11.8 Å². The molecule has 2 aliphatic heterocycles. The Bertz CT molecular complexity index is 764. The molecule has 0 saturated carbocycles. The fraction of sp³-hybridized carbons (Fsp3) is 0.550. The van der Waals surface area contributed by atoms with Crippen LogP contribution in [0.3, 0.4) is 0 Å². The number of benzene rings is 1. The number of amides is 2. The van der Waals surface area contributed by atoms with E-state index in [0.717, 1.165) is 5.56 Å². The lowest BCUT2D eigenvalue weighted by Crippen LogP contribution is -2.58. The normalized spacial score (nSPS) is 26.7. The van der Waals surface area contributed by atoms with Gasteiger partial charge in [-0.05, 0) is 26.3 Å². The minimum absolute atomic E-state index is 0.185. The Morgan fingerprint density at radius 1 is 1.29 bits per heavy atom. The number of hydrogen-bond donors (Lipinski definition) is 1. The topological polar surface area (TPSA) is 84.9 Å². The number of hydrogen-bond acceptors (Lipinski definition) is 6. The van der Waals surface area contributed by atoms with Crippen molar-refractivity contribution in [1.82, 2.24) is 10.2 Å². The number of rotatable bonds is 4. The average Bonchev–Trinajstić information content (AvgIpc) is 3.12. The Kier molecular flexibility index (Phi) is 5.61. The molecule has 1 N–H and O–H groups in total. The summed E-state index contributed by atoms with van der Waals surface area (Å²) in [7, 11) is 1.32. The number of alkyl carbamates (subject to hydrolysis) is 1. The molecule has 8 heteroatoms. The molecular formula is C20H26N2O5S. The molecule has 1 aromatic rings. The Morgan fingerprint density at radius 2 is 1.96 bits per heavy atom. The summed E-state index contributed by atoms with van der Waals surface area (Å²) in [6, 6.07) is 8.88. The second kappa shape index (κ2) is 7.66. The number of ether oxygens (including phenoxy) is 2. The van der Waals surface area contributed by atoms with Gasteiger partial charge in [0.2, 0.25) is 0 Å². The number of fused-ring (bicyclic) bond motifs is 1. The molecule has 7 nitrogen and oxygen atoms in total. The summed E-state index contributed by atoms with van der Waals surface area (Å²) in [4.78, 5) is 39.7. The van der Waals surface area contributed by atoms with Crippen LogP contribution in [0.5, 0.6) is 0 Å². The van der Waals surface area contributed by atoms with Gasteiger partial charge in [0.25, 0.3) is 5.91 Å². The molecule has 28 heavy (non-hydrogen) atoms. The molecule has 2 saturated heterocycles. The molecule has 3 atom stereocenters. The van der Waals surface area contributed by atoms with Gasteiger partial charge >= 0.3 is 12.1 Å². The van der Waals surface area contributed by atoms with Gasteiger partial charge in [0, 0.05) is 18.6 Å². The number of esters is 1. The highest BCUT2D eigenvalue weighted by atomic mass is 32.2. The van der Waals surface area contributed by atoms with Crippen molar-refractivity contribution in [2.24, 2.45) is 0 Å². The summed E-state index contributed by atoms with van der Waals surface area (Å²) < 4.78 is 10.3. The summed E-state index contributed by atoms with van der Waals surface area (Å²) in [6.45, 7) is 5.32. The lowest BCUT2D eigenvalue weighted by molar-refractivity contribution is -0.151. The summed E-state index contributed by atoms with van der Waals surface area (Å²) in [5, 5.41) is 2.65. The minimum atomic E-state index is -1.16. The zero-order valence-corrected chi connectivity index (χ0v) is 17.4.